The molecular formula is C15H24N4O2. The summed E-state index contributed by atoms with van der Waals surface area (Å²) >= 11 is 0. The molecule has 1 aromatic rings. The van der Waals surface area contributed by atoms with Gasteiger partial charge in [0.1, 0.15) is 0 Å². The minimum atomic E-state index is -0.121. The SMILES string of the molecule is CCN(CC)C(=O)[C@H]1CCCN(c2cnn(C)c(=O)c2)C1. The van der Waals surface area contributed by atoms with E-state index in [1.54, 1.807) is 19.3 Å². The maximum atomic E-state index is 12.5. The van der Waals surface area contributed by atoms with Crippen molar-refractivity contribution in [2.45, 2.75) is 26.7 Å². The third-order valence-corrected chi connectivity index (χ3v) is 4.16. The first kappa shape index (κ1) is 15.5. The number of amides is 1. The van der Waals surface area contributed by atoms with Gasteiger partial charge in [-0.25, -0.2) is 4.68 Å². The zero-order valence-electron chi connectivity index (χ0n) is 13.1. The van der Waals surface area contributed by atoms with E-state index in [1.807, 2.05) is 18.7 Å². The molecule has 0 bridgehead atoms. The normalized spacial score (nSPS) is 18.6. The van der Waals surface area contributed by atoms with Gasteiger partial charge in [0.05, 0.1) is 17.8 Å². The molecular weight excluding hydrogens is 268 g/mol. The van der Waals surface area contributed by atoms with Crippen molar-refractivity contribution in [3.63, 3.8) is 0 Å². The number of carbonyl (C=O) groups excluding carboxylic acids is 1. The van der Waals surface area contributed by atoms with Crippen molar-refractivity contribution in [3.8, 4) is 0 Å². The van der Waals surface area contributed by atoms with Gasteiger partial charge in [-0.2, -0.15) is 5.10 Å². The maximum absolute atomic E-state index is 12.5. The van der Waals surface area contributed by atoms with Gasteiger partial charge in [0.25, 0.3) is 5.56 Å². The lowest BCUT2D eigenvalue weighted by Gasteiger charge is -2.35. The highest BCUT2D eigenvalue weighted by Gasteiger charge is 2.28. The van der Waals surface area contributed by atoms with Crippen molar-refractivity contribution < 1.29 is 4.79 Å². The van der Waals surface area contributed by atoms with Crippen molar-refractivity contribution in [2.75, 3.05) is 31.1 Å². The van der Waals surface area contributed by atoms with E-state index in [0.717, 1.165) is 38.2 Å². The van der Waals surface area contributed by atoms with Crippen LogP contribution in [0.25, 0.3) is 0 Å². The van der Waals surface area contributed by atoms with Gasteiger partial charge in [-0.05, 0) is 26.7 Å². The van der Waals surface area contributed by atoms with Crippen LogP contribution in [0.1, 0.15) is 26.7 Å². The Balaban J connectivity index is 2.11. The lowest BCUT2D eigenvalue weighted by molar-refractivity contribution is -0.135. The first-order valence-electron chi connectivity index (χ1n) is 7.63. The molecule has 1 fully saturated rings. The molecule has 0 spiro atoms. The average molecular weight is 292 g/mol. The lowest BCUT2D eigenvalue weighted by Crippen LogP contribution is -2.45. The molecule has 0 saturated carbocycles. The first-order valence-corrected chi connectivity index (χ1v) is 7.63. The van der Waals surface area contributed by atoms with Gasteiger partial charge in [0, 0.05) is 39.3 Å². The minimum Gasteiger partial charge on any atom is -0.369 e. The Morgan fingerprint density at radius 1 is 1.43 bits per heavy atom. The van der Waals surface area contributed by atoms with Crippen molar-refractivity contribution in [1.29, 1.82) is 0 Å². The van der Waals surface area contributed by atoms with Crippen LogP contribution in [0.15, 0.2) is 17.1 Å². The van der Waals surface area contributed by atoms with Crippen LogP contribution in [0, 0.1) is 5.92 Å². The Labute approximate surface area is 125 Å². The summed E-state index contributed by atoms with van der Waals surface area (Å²) in [5.41, 5.74) is 0.694. The summed E-state index contributed by atoms with van der Waals surface area (Å²) in [7, 11) is 1.63. The molecule has 0 radical (unpaired) electrons. The van der Waals surface area contributed by atoms with Gasteiger partial charge in [-0.3, -0.25) is 9.59 Å². The zero-order chi connectivity index (χ0) is 15.4. The van der Waals surface area contributed by atoms with E-state index >= 15 is 0 Å². The second-order valence-corrected chi connectivity index (χ2v) is 5.47. The molecule has 21 heavy (non-hydrogen) atoms. The quantitative estimate of drug-likeness (QED) is 0.826. The Kier molecular flexibility index (Phi) is 4.98. The molecule has 1 saturated heterocycles. The summed E-state index contributed by atoms with van der Waals surface area (Å²) < 4.78 is 1.31. The van der Waals surface area contributed by atoms with Gasteiger partial charge in [-0.1, -0.05) is 0 Å². The molecule has 0 unspecified atom stereocenters. The van der Waals surface area contributed by atoms with Crippen molar-refractivity contribution in [1.82, 2.24) is 14.7 Å². The molecule has 1 atom stereocenters. The van der Waals surface area contributed by atoms with Gasteiger partial charge in [0.2, 0.25) is 5.91 Å². The second-order valence-electron chi connectivity index (χ2n) is 5.47. The molecule has 6 heteroatoms. The maximum Gasteiger partial charge on any atom is 0.268 e. The highest BCUT2D eigenvalue weighted by Crippen LogP contribution is 2.23. The molecule has 1 aliphatic heterocycles. The standard InChI is InChI=1S/C15H24N4O2/c1-4-18(5-2)15(21)12-7-6-8-19(11-12)13-9-14(20)17(3)16-10-13/h9-10,12H,4-8,11H2,1-3H3/t12-/m0/s1. The molecule has 2 heterocycles. The Morgan fingerprint density at radius 2 is 2.14 bits per heavy atom. The number of aromatic nitrogens is 2. The fourth-order valence-electron chi connectivity index (χ4n) is 2.84. The van der Waals surface area contributed by atoms with Crippen LogP contribution in [-0.2, 0) is 11.8 Å². The number of carbonyl (C=O) groups is 1. The number of nitrogens with zero attached hydrogens (tertiary/aromatic N) is 4. The number of piperidine rings is 1. The molecule has 1 aromatic heterocycles. The summed E-state index contributed by atoms with van der Waals surface area (Å²) in [5.74, 6) is 0.240. The summed E-state index contributed by atoms with van der Waals surface area (Å²) in [6, 6.07) is 1.59. The predicted molar refractivity (Wildman–Crippen MR) is 82.3 cm³/mol. The fourth-order valence-corrected chi connectivity index (χ4v) is 2.84. The molecule has 0 N–H and O–H groups in total. The molecule has 1 aliphatic rings. The topological polar surface area (TPSA) is 58.4 Å². The highest BCUT2D eigenvalue weighted by molar-refractivity contribution is 5.79. The number of hydrogen-bond acceptors (Lipinski definition) is 4. The zero-order valence-corrected chi connectivity index (χ0v) is 13.1. The van der Waals surface area contributed by atoms with Crippen LogP contribution in [0.5, 0.6) is 0 Å². The second kappa shape index (κ2) is 6.74. The third kappa shape index (κ3) is 3.43. The Bertz CT molecular complexity index is 551. The van der Waals surface area contributed by atoms with Crippen LogP contribution >= 0.6 is 0 Å². The Morgan fingerprint density at radius 3 is 2.76 bits per heavy atom. The molecule has 116 valence electrons. The van der Waals surface area contributed by atoms with Gasteiger partial charge in [0.15, 0.2) is 0 Å². The van der Waals surface area contributed by atoms with Crippen molar-refractivity contribution in [2.24, 2.45) is 13.0 Å². The first-order chi connectivity index (χ1) is 10.1. The number of aryl methyl sites for hydroxylation is 1. The van der Waals surface area contributed by atoms with E-state index in [-0.39, 0.29) is 17.4 Å². The Hall–Kier alpha value is -1.85. The molecule has 6 nitrogen and oxygen atoms in total. The molecule has 0 aliphatic carbocycles. The minimum absolute atomic E-state index is 0.0164. The van der Waals surface area contributed by atoms with E-state index in [0.29, 0.717) is 6.54 Å². The van der Waals surface area contributed by atoms with Crippen LogP contribution in [0.2, 0.25) is 0 Å². The summed E-state index contributed by atoms with van der Waals surface area (Å²) in [5, 5.41) is 4.06. The smallest absolute Gasteiger partial charge is 0.268 e. The third-order valence-electron chi connectivity index (χ3n) is 4.16. The number of rotatable bonds is 4. The fraction of sp³-hybridized carbons (Fsp3) is 0.667. The van der Waals surface area contributed by atoms with E-state index < -0.39 is 0 Å². The predicted octanol–water partition coefficient (Wildman–Crippen LogP) is 0.865. The monoisotopic (exact) mass is 292 g/mol. The van der Waals surface area contributed by atoms with Crippen LogP contribution in [0.4, 0.5) is 5.69 Å². The van der Waals surface area contributed by atoms with Gasteiger partial charge in [-0.15, -0.1) is 0 Å². The number of anilines is 1. The largest absolute Gasteiger partial charge is 0.369 e. The van der Waals surface area contributed by atoms with Crippen molar-refractivity contribution in [3.05, 3.63) is 22.6 Å². The summed E-state index contributed by atoms with van der Waals surface area (Å²) in [6.45, 7) is 7.05. The van der Waals surface area contributed by atoms with Gasteiger partial charge >= 0.3 is 0 Å². The van der Waals surface area contributed by atoms with E-state index in [4.69, 9.17) is 0 Å². The van der Waals surface area contributed by atoms with E-state index in [2.05, 4.69) is 10.00 Å². The highest BCUT2D eigenvalue weighted by atomic mass is 16.2. The van der Waals surface area contributed by atoms with Crippen LogP contribution < -0.4 is 10.5 Å². The molecule has 2 rings (SSSR count). The van der Waals surface area contributed by atoms with Crippen LogP contribution in [0.3, 0.4) is 0 Å². The molecule has 0 aromatic carbocycles. The molecule has 1 amide bonds. The number of hydrogen-bond donors (Lipinski definition) is 0. The average Bonchev–Trinajstić information content (AvgIpc) is 2.51. The van der Waals surface area contributed by atoms with E-state index in [9.17, 15) is 9.59 Å². The van der Waals surface area contributed by atoms with Crippen molar-refractivity contribution >= 4 is 11.6 Å². The lowest BCUT2D eigenvalue weighted by atomic mass is 9.96. The van der Waals surface area contributed by atoms with Crippen LogP contribution in [-0.4, -0.2) is 46.8 Å². The summed E-state index contributed by atoms with van der Waals surface area (Å²) in [6.07, 6.45) is 3.59. The van der Waals surface area contributed by atoms with Gasteiger partial charge < -0.3 is 9.80 Å². The van der Waals surface area contributed by atoms with E-state index in [1.165, 1.54) is 4.68 Å². The summed E-state index contributed by atoms with van der Waals surface area (Å²) in [4.78, 5) is 28.2.